The minimum absolute atomic E-state index is 0.0493. The molecule has 7 heteroatoms. The number of nitrogens with zero attached hydrogens (tertiary/aromatic N) is 1. The van der Waals surface area contributed by atoms with Crippen molar-refractivity contribution in [1.29, 1.82) is 0 Å². The quantitative estimate of drug-likeness (QED) is 0.801. The zero-order chi connectivity index (χ0) is 20.4. The van der Waals surface area contributed by atoms with Gasteiger partial charge in [0.15, 0.2) is 0 Å². The lowest BCUT2D eigenvalue weighted by Gasteiger charge is -2.34. The summed E-state index contributed by atoms with van der Waals surface area (Å²) in [5.74, 6) is 0.561. The molecule has 1 heterocycles. The standard InChI is InChI=1S/C20H32N2O4S/c1-7-20(4,5)21-19(23)16-8-9-17(26-6)18(11-16)27(24,25)22-12-14(2)10-15(3)13-22/h8-9,11,14-15H,7,10,12-13H2,1-6H3,(H,21,23). The van der Waals surface area contributed by atoms with Crippen LogP contribution >= 0.6 is 0 Å². The normalized spacial score (nSPS) is 21.7. The first kappa shape index (κ1) is 21.7. The minimum Gasteiger partial charge on any atom is -0.495 e. The van der Waals surface area contributed by atoms with E-state index in [4.69, 9.17) is 4.74 Å². The number of piperidine rings is 1. The maximum Gasteiger partial charge on any atom is 0.251 e. The number of amides is 1. The van der Waals surface area contributed by atoms with E-state index in [2.05, 4.69) is 19.2 Å². The van der Waals surface area contributed by atoms with Crippen LogP contribution in [0.25, 0.3) is 0 Å². The van der Waals surface area contributed by atoms with Gasteiger partial charge in [0.25, 0.3) is 5.91 Å². The molecule has 1 saturated heterocycles. The van der Waals surface area contributed by atoms with Crippen LogP contribution in [0.2, 0.25) is 0 Å². The Kier molecular flexibility index (Phi) is 6.58. The van der Waals surface area contributed by atoms with E-state index in [1.54, 1.807) is 12.1 Å². The van der Waals surface area contributed by atoms with Crippen molar-refractivity contribution in [1.82, 2.24) is 9.62 Å². The van der Waals surface area contributed by atoms with Crippen LogP contribution in [0, 0.1) is 11.8 Å². The summed E-state index contributed by atoms with van der Waals surface area (Å²) in [7, 11) is -2.31. The van der Waals surface area contributed by atoms with Gasteiger partial charge in [0, 0.05) is 24.2 Å². The van der Waals surface area contributed by atoms with E-state index in [0.717, 1.165) is 12.8 Å². The Hall–Kier alpha value is -1.60. The Morgan fingerprint density at radius 3 is 2.37 bits per heavy atom. The topological polar surface area (TPSA) is 75.7 Å². The van der Waals surface area contributed by atoms with Crippen molar-refractivity contribution in [3.63, 3.8) is 0 Å². The largest absolute Gasteiger partial charge is 0.495 e. The number of ether oxygens (including phenoxy) is 1. The highest BCUT2D eigenvalue weighted by Crippen LogP contribution is 2.32. The zero-order valence-electron chi connectivity index (χ0n) is 17.2. The highest BCUT2D eigenvalue weighted by Gasteiger charge is 2.34. The summed E-state index contributed by atoms with van der Waals surface area (Å²) < 4.78 is 33.4. The molecule has 6 nitrogen and oxygen atoms in total. The van der Waals surface area contributed by atoms with E-state index >= 15 is 0 Å². The Balaban J connectivity index is 2.41. The Bertz CT molecular complexity index is 779. The van der Waals surface area contributed by atoms with Crippen molar-refractivity contribution in [3.8, 4) is 5.75 Å². The first-order chi connectivity index (χ1) is 12.5. The van der Waals surface area contributed by atoms with Gasteiger partial charge in [0.2, 0.25) is 10.0 Å². The number of hydrogen-bond acceptors (Lipinski definition) is 4. The molecule has 0 aliphatic carbocycles. The van der Waals surface area contributed by atoms with E-state index < -0.39 is 10.0 Å². The fraction of sp³-hybridized carbons (Fsp3) is 0.650. The molecule has 2 unspecified atom stereocenters. The summed E-state index contributed by atoms with van der Waals surface area (Å²) in [6, 6.07) is 4.58. The summed E-state index contributed by atoms with van der Waals surface area (Å²) in [4.78, 5) is 12.7. The highest BCUT2D eigenvalue weighted by molar-refractivity contribution is 7.89. The van der Waals surface area contributed by atoms with Crippen LogP contribution in [-0.2, 0) is 10.0 Å². The molecule has 0 aromatic heterocycles. The second-order valence-electron chi connectivity index (χ2n) is 8.33. The maximum atomic E-state index is 13.3. The first-order valence-electron chi connectivity index (χ1n) is 9.51. The van der Waals surface area contributed by atoms with Gasteiger partial charge in [-0.25, -0.2) is 8.42 Å². The molecule has 1 fully saturated rings. The lowest BCUT2D eigenvalue weighted by atomic mass is 9.94. The van der Waals surface area contributed by atoms with Crippen molar-refractivity contribution >= 4 is 15.9 Å². The van der Waals surface area contributed by atoms with Crippen molar-refractivity contribution in [2.75, 3.05) is 20.2 Å². The fourth-order valence-electron chi connectivity index (χ4n) is 3.43. The summed E-state index contributed by atoms with van der Waals surface area (Å²) in [6.07, 6.45) is 1.78. The van der Waals surface area contributed by atoms with Crippen molar-refractivity contribution in [2.24, 2.45) is 11.8 Å². The predicted octanol–water partition coefficient (Wildman–Crippen LogP) is 3.28. The molecule has 1 aliphatic rings. The number of sulfonamides is 1. The Labute approximate surface area is 163 Å². The lowest BCUT2D eigenvalue weighted by Crippen LogP contribution is -2.43. The highest BCUT2D eigenvalue weighted by atomic mass is 32.2. The van der Waals surface area contributed by atoms with Crippen LogP contribution < -0.4 is 10.1 Å². The average molecular weight is 397 g/mol. The van der Waals surface area contributed by atoms with Crippen molar-refractivity contribution < 1.29 is 17.9 Å². The fourth-order valence-corrected chi connectivity index (χ4v) is 5.29. The van der Waals surface area contributed by atoms with Gasteiger partial charge in [-0.05, 0) is 56.7 Å². The van der Waals surface area contributed by atoms with Gasteiger partial charge in [-0.3, -0.25) is 4.79 Å². The smallest absolute Gasteiger partial charge is 0.251 e. The van der Waals surface area contributed by atoms with Gasteiger partial charge in [-0.1, -0.05) is 20.8 Å². The van der Waals surface area contributed by atoms with Crippen LogP contribution in [0.4, 0.5) is 0 Å². The summed E-state index contributed by atoms with van der Waals surface area (Å²) in [5.41, 5.74) is -0.0534. The van der Waals surface area contributed by atoms with Crippen LogP contribution in [-0.4, -0.2) is 44.4 Å². The molecular formula is C20H32N2O4S. The van der Waals surface area contributed by atoms with Gasteiger partial charge < -0.3 is 10.1 Å². The van der Waals surface area contributed by atoms with Gasteiger partial charge in [-0.15, -0.1) is 0 Å². The molecule has 0 spiro atoms. The molecule has 152 valence electrons. The molecule has 1 amide bonds. The molecule has 1 aromatic carbocycles. The molecule has 0 saturated carbocycles. The third-order valence-corrected chi connectivity index (χ3v) is 7.07. The summed E-state index contributed by atoms with van der Waals surface area (Å²) in [6.45, 7) is 10.9. The second-order valence-corrected chi connectivity index (χ2v) is 10.2. The molecule has 1 aromatic rings. The number of methoxy groups -OCH3 is 1. The molecule has 2 atom stereocenters. The lowest BCUT2D eigenvalue weighted by molar-refractivity contribution is 0.0911. The van der Waals surface area contributed by atoms with Crippen LogP contribution in [0.1, 0.15) is 57.8 Å². The second kappa shape index (κ2) is 8.19. The zero-order valence-corrected chi connectivity index (χ0v) is 18.0. The Morgan fingerprint density at radius 1 is 1.26 bits per heavy atom. The van der Waals surface area contributed by atoms with Gasteiger partial charge >= 0.3 is 0 Å². The average Bonchev–Trinajstić information content (AvgIpc) is 2.60. The monoisotopic (exact) mass is 396 g/mol. The summed E-state index contributed by atoms with van der Waals surface area (Å²) >= 11 is 0. The third kappa shape index (κ3) is 5.02. The number of carbonyl (C=O) groups excluding carboxylic acids is 1. The molecule has 1 aliphatic heterocycles. The van der Waals surface area contributed by atoms with Crippen LogP contribution in [0.5, 0.6) is 5.75 Å². The number of nitrogens with one attached hydrogen (secondary N) is 1. The van der Waals surface area contributed by atoms with E-state index in [1.165, 1.54) is 17.5 Å². The third-order valence-electron chi connectivity index (χ3n) is 5.21. The van der Waals surface area contributed by atoms with Crippen LogP contribution in [0.15, 0.2) is 23.1 Å². The molecular weight excluding hydrogens is 364 g/mol. The number of carbonyl (C=O) groups is 1. The molecule has 0 radical (unpaired) electrons. The maximum absolute atomic E-state index is 13.3. The van der Waals surface area contributed by atoms with E-state index in [1.807, 2.05) is 20.8 Å². The minimum atomic E-state index is -3.75. The van der Waals surface area contributed by atoms with E-state index in [0.29, 0.717) is 30.5 Å². The van der Waals surface area contributed by atoms with Crippen molar-refractivity contribution in [2.45, 2.75) is 57.9 Å². The number of benzene rings is 1. The number of rotatable bonds is 6. The molecule has 27 heavy (non-hydrogen) atoms. The first-order valence-corrected chi connectivity index (χ1v) is 10.9. The SMILES string of the molecule is CCC(C)(C)NC(=O)c1ccc(OC)c(S(=O)(=O)N2CC(C)CC(C)C2)c1. The number of hydrogen-bond donors (Lipinski definition) is 1. The van der Waals surface area contributed by atoms with Gasteiger partial charge in [0.1, 0.15) is 10.6 Å². The summed E-state index contributed by atoms with van der Waals surface area (Å²) in [5, 5.41) is 2.94. The molecule has 2 rings (SSSR count). The van der Waals surface area contributed by atoms with Crippen molar-refractivity contribution in [3.05, 3.63) is 23.8 Å². The molecule has 1 N–H and O–H groups in total. The van der Waals surface area contributed by atoms with Gasteiger partial charge in [0.05, 0.1) is 7.11 Å². The van der Waals surface area contributed by atoms with E-state index in [9.17, 15) is 13.2 Å². The van der Waals surface area contributed by atoms with E-state index in [-0.39, 0.29) is 22.1 Å². The van der Waals surface area contributed by atoms with Gasteiger partial charge in [-0.2, -0.15) is 4.31 Å². The predicted molar refractivity (Wildman–Crippen MR) is 107 cm³/mol. The molecule has 0 bridgehead atoms. The van der Waals surface area contributed by atoms with Crippen LogP contribution in [0.3, 0.4) is 0 Å². The Morgan fingerprint density at radius 2 is 1.85 bits per heavy atom.